The van der Waals surface area contributed by atoms with Gasteiger partial charge in [0.15, 0.2) is 0 Å². The van der Waals surface area contributed by atoms with Crippen molar-refractivity contribution in [3.63, 3.8) is 0 Å². The molecule has 4 nitrogen and oxygen atoms in total. The van der Waals surface area contributed by atoms with Crippen molar-refractivity contribution in [1.82, 2.24) is 15.8 Å². The van der Waals surface area contributed by atoms with Crippen LogP contribution in [0.3, 0.4) is 0 Å². The number of hydrogen-bond acceptors (Lipinski definition) is 5. The van der Waals surface area contributed by atoms with Gasteiger partial charge in [0.1, 0.15) is 0 Å². The second kappa shape index (κ2) is 6.34. The van der Waals surface area contributed by atoms with E-state index in [2.05, 4.69) is 53.3 Å². The molecule has 2 aliphatic rings. The molecular weight excluding hydrogens is 340 g/mol. The third-order valence-corrected chi connectivity index (χ3v) is 5.96. The maximum atomic E-state index is 5.83. The number of aromatic nitrogens is 1. The van der Waals surface area contributed by atoms with Crippen LogP contribution in [0.4, 0.5) is 5.69 Å². The molecule has 1 saturated carbocycles. The molecule has 0 atom stereocenters. The van der Waals surface area contributed by atoms with Gasteiger partial charge in [-0.15, -0.1) is 0 Å². The van der Waals surface area contributed by atoms with Crippen LogP contribution in [0.15, 0.2) is 70.1 Å². The molecule has 5 rings (SSSR count). The van der Waals surface area contributed by atoms with Crippen molar-refractivity contribution in [1.29, 1.82) is 0 Å². The molecule has 2 heterocycles. The molecular formula is C21H20N4S. The number of nitrogens with one attached hydrogen (secondary N) is 2. The highest BCUT2D eigenvalue weighted by Crippen LogP contribution is 2.41. The molecule has 1 aliphatic heterocycles. The first-order valence-electron chi connectivity index (χ1n) is 8.93. The van der Waals surface area contributed by atoms with Crippen molar-refractivity contribution >= 4 is 33.9 Å². The Bertz CT molecular complexity index is 1010. The number of benzene rings is 2. The number of pyridine rings is 1. The van der Waals surface area contributed by atoms with Gasteiger partial charge < -0.3 is 11.2 Å². The molecule has 1 fully saturated rings. The molecule has 2 aromatic carbocycles. The molecule has 0 unspecified atom stereocenters. The summed E-state index contributed by atoms with van der Waals surface area (Å²) in [5.74, 6) is 0.668. The fraction of sp³-hybridized carbons (Fsp3) is 0.190. The normalized spacial score (nSPS) is 16.9. The van der Waals surface area contributed by atoms with Crippen LogP contribution in [-0.2, 0) is 0 Å². The van der Waals surface area contributed by atoms with Gasteiger partial charge in [0.25, 0.3) is 0 Å². The second-order valence-corrected chi connectivity index (χ2v) is 7.95. The molecule has 1 aromatic heterocycles. The van der Waals surface area contributed by atoms with Gasteiger partial charge in [-0.25, -0.2) is 10.4 Å². The lowest BCUT2D eigenvalue weighted by Gasteiger charge is -2.11. The van der Waals surface area contributed by atoms with E-state index in [9.17, 15) is 0 Å². The fourth-order valence-corrected chi connectivity index (χ4v) is 4.37. The second-order valence-electron chi connectivity index (χ2n) is 6.84. The van der Waals surface area contributed by atoms with E-state index in [1.54, 1.807) is 11.8 Å². The number of fused-ring (bicyclic) bond motifs is 1. The van der Waals surface area contributed by atoms with Crippen LogP contribution >= 0.6 is 11.8 Å². The number of hydrazine groups is 1. The first-order chi connectivity index (χ1) is 12.8. The number of nitrogens with two attached hydrogens (primary N) is 1. The maximum absolute atomic E-state index is 5.83. The monoisotopic (exact) mass is 360 g/mol. The standard InChI is InChI=1S/C21H20N4S/c22-14-7-9-15(10-8-14)26-20-11-19(24-18-4-2-1-3-16(18)20)17-12-23-25-21(17)13-5-6-13/h1-4,7-11,13,23,25H,5-6,12,22H2. The van der Waals surface area contributed by atoms with Crippen molar-refractivity contribution in [2.45, 2.75) is 22.6 Å². The third kappa shape index (κ3) is 2.93. The van der Waals surface area contributed by atoms with E-state index < -0.39 is 0 Å². The fourth-order valence-electron chi connectivity index (χ4n) is 3.39. The molecule has 0 bridgehead atoms. The minimum atomic E-state index is 0.668. The van der Waals surface area contributed by atoms with Gasteiger partial charge in [-0.1, -0.05) is 30.0 Å². The highest BCUT2D eigenvalue weighted by molar-refractivity contribution is 7.99. The molecule has 130 valence electrons. The Labute approximate surface area is 156 Å². The van der Waals surface area contributed by atoms with Crippen LogP contribution in [-0.4, -0.2) is 11.5 Å². The van der Waals surface area contributed by atoms with Crippen molar-refractivity contribution < 1.29 is 0 Å². The molecule has 0 spiro atoms. The van der Waals surface area contributed by atoms with Gasteiger partial charge in [0.05, 0.1) is 11.2 Å². The quantitative estimate of drug-likeness (QED) is 0.609. The molecule has 1 aliphatic carbocycles. The van der Waals surface area contributed by atoms with Crippen LogP contribution in [0.1, 0.15) is 18.5 Å². The SMILES string of the molecule is Nc1ccc(Sc2cc(C3=C(C4CC4)NNC3)nc3ccccc23)cc1. The molecule has 0 saturated heterocycles. The van der Waals surface area contributed by atoms with E-state index in [0.29, 0.717) is 5.92 Å². The number of nitrogen functional groups attached to an aromatic ring is 1. The first-order valence-corrected chi connectivity index (χ1v) is 9.75. The zero-order valence-electron chi connectivity index (χ0n) is 14.3. The molecule has 26 heavy (non-hydrogen) atoms. The summed E-state index contributed by atoms with van der Waals surface area (Å²) in [5, 5.41) is 1.19. The highest BCUT2D eigenvalue weighted by atomic mass is 32.2. The molecule has 0 amide bonds. The van der Waals surface area contributed by atoms with Crippen molar-refractivity contribution in [2.24, 2.45) is 5.92 Å². The van der Waals surface area contributed by atoms with Gasteiger partial charge >= 0.3 is 0 Å². The number of hydrogen-bond donors (Lipinski definition) is 3. The topological polar surface area (TPSA) is 63.0 Å². The largest absolute Gasteiger partial charge is 0.399 e. The van der Waals surface area contributed by atoms with Gasteiger partial charge in [0, 0.05) is 44.6 Å². The van der Waals surface area contributed by atoms with E-state index in [-0.39, 0.29) is 0 Å². The number of allylic oxidation sites excluding steroid dienone is 1. The zero-order valence-corrected chi connectivity index (χ0v) is 15.1. The van der Waals surface area contributed by atoms with Crippen LogP contribution in [0.2, 0.25) is 0 Å². The van der Waals surface area contributed by atoms with E-state index >= 15 is 0 Å². The third-order valence-electron chi connectivity index (χ3n) is 4.89. The Morgan fingerprint density at radius 3 is 2.65 bits per heavy atom. The molecule has 0 radical (unpaired) electrons. The number of anilines is 1. The molecule has 4 N–H and O–H groups in total. The lowest BCUT2D eigenvalue weighted by atomic mass is 10.1. The van der Waals surface area contributed by atoms with Gasteiger partial charge in [-0.05, 0) is 49.2 Å². The summed E-state index contributed by atoms with van der Waals surface area (Å²) in [6, 6.07) is 18.6. The maximum Gasteiger partial charge on any atom is 0.0720 e. The summed E-state index contributed by atoms with van der Waals surface area (Å²) in [7, 11) is 0. The first kappa shape index (κ1) is 15.7. The summed E-state index contributed by atoms with van der Waals surface area (Å²) in [5.41, 5.74) is 18.0. The Kier molecular flexibility index (Phi) is 3.84. The molecule has 5 heteroatoms. The van der Waals surface area contributed by atoms with Crippen molar-refractivity contribution in [3.05, 3.63) is 66.0 Å². The number of rotatable bonds is 4. The predicted molar refractivity (Wildman–Crippen MR) is 108 cm³/mol. The van der Waals surface area contributed by atoms with E-state index in [4.69, 9.17) is 10.7 Å². The highest BCUT2D eigenvalue weighted by Gasteiger charge is 2.32. The average molecular weight is 360 g/mol. The Hall–Kier alpha value is -2.50. The lowest BCUT2D eigenvalue weighted by molar-refractivity contribution is 0.669. The van der Waals surface area contributed by atoms with Crippen molar-refractivity contribution in [3.8, 4) is 0 Å². The predicted octanol–water partition coefficient (Wildman–Crippen LogP) is 4.20. The smallest absolute Gasteiger partial charge is 0.0720 e. The summed E-state index contributed by atoms with van der Waals surface area (Å²) in [6.07, 6.45) is 2.54. The zero-order chi connectivity index (χ0) is 17.5. The molecule has 3 aromatic rings. The van der Waals surface area contributed by atoms with Gasteiger partial charge in [-0.3, -0.25) is 0 Å². The Balaban J connectivity index is 1.62. The Morgan fingerprint density at radius 2 is 1.85 bits per heavy atom. The van der Waals surface area contributed by atoms with Crippen LogP contribution in [0, 0.1) is 5.92 Å². The van der Waals surface area contributed by atoms with Crippen LogP contribution in [0.25, 0.3) is 16.5 Å². The van der Waals surface area contributed by atoms with Crippen LogP contribution < -0.4 is 16.6 Å². The number of para-hydroxylation sites is 1. The van der Waals surface area contributed by atoms with Crippen molar-refractivity contribution in [2.75, 3.05) is 12.3 Å². The lowest BCUT2D eigenvalue weighted by Crippen LogP contribution is -2.24. The summed E-state index contributed by atoms with van der Waals surface area (Å²) in [4.78, 5) is 7.37. The van der Waals surface area contributed by atoms with E-state index in [0.717, 1.165) is 23.4 Å². The minimum absolute atomic E-state index is 0.668. The van der Waals surface area contributed by atoms with E-state index in [1.165, 1.54) is 39.3 Å². The van der Waals surface area contributed by atoms with Gasteiger partial charge in [-0.2, -0.15) is 0 Å². The van der Waals surface area contributed by atoms with E-state index in [1.807, 2.05) is 12.1 Å². The summed E-state index contributed by atoms with van der Waals surface area (Å²) in [6.45, 7) is 0.823. The summed E-state index contributed by atoms with van der Waals surface area (Å²) < 4.78 is 0. The van der Waals surface area contributed by atoms with Gasteiger partial charge in [0.2, 0.25) is 0 Å². The van der Waals surface area contributed by atoms with Crippen LogP contribution in [0.5, 0.6) is 0 Å². The summed E-state index contributed by atoms with van der Waals surface area (Å²) >= 11 is 1.77. The minimum Gasteiger partial charge on any atom is -0.399 e. The Morgan fingerprint density at radius 1 is 1.04 bits per heavy atom. The number of nitrogens with zero attached hydrogens (tertiary/aromatic N) is 1. The average Bonchev–Trinajstić information content (AvgIpc) is 3.40.